The summed E-state index contributed by atoms with van der Waals surface area (Å²) in [6.45, 7) is 2.15. The van der Waals surface area contributed by atoms with Gasteiger partial charge in [0.2, 0.25) is 0 Å². The smallest absolute Gasteiger partial charge is 0.0713 e. The average molecular weight is 344 g/mol. The van der Waals surface area contributed by atoms with E-state index in [-0.39, 0.29) is 6.61 Å². The summed E-state index contributed by atoms with van der Waals surface area (Å²) >= 11 is 0. The van der Waals surface area contributed by atoms with Crippen LogP contribution in [0.4, 0.5) is 0 Å². The first-order chi connectivity index (χ1) is 11.7. The highest BCUT2D eigenvalue weighted by Gasteiger charge is 2.12. The molecular formula is C21H45NO2. The molecule has 0 amide bonds. The molecule has 4 N–H and O–H groups in total. The number of rotatable bonds is 19. The number of unbranched alkanes of at least 4 members (excludes halogenated alkanes) is 15. The lowest BCUT2D eigenvalue weighted by molar-refractivity contribution is 0.0990. The molecule has 0 saturated heterocycles. The predicted molar refractivity (Wildman–Crippen MR) is 105 cm³/mol. The van der Waals surface area contributed by atoms with Crippen LogP contribution in [0.5, 0.6) is 0 Å². The van der Waals surface area contributed by atoms with Crippen molar-refractivity contribution in [3.05, 3.63) is 0 Å². The maximum atomic E-state index is 9.65. The average Bonchev–Trinajstić information content (AvgIpc) is 2.60. The van der Waals surface area contributed by atoms with Crippen LogP contribution in [0.25, 0.3) is 0 Å². The highest BCUT2D eigenvalue weighted by molar-refractivity contribution is 4.70. The van der Waals surface area contributed by atoms with Gasteiger partial charge in [0.1, 0.15) is 0 Å². The Labute approximate surface area is 151 Å². The van der Waals surface area contributed by atoms with Crippen molar-refractivity contribution in [3.63, 3.8) is 0 Å². The Bertz CT molecular complexity index is 236. The predicted octanol–water partition coefficient (Wildman–Crippen LogP) is 5.32. The Balaban J connectivity index is 3.08. The summed E-state index contributed by atoms with van der Waals surface area (Å²) in [6, 6.07) is -0.471. The van der Waals surface area contributed by atoms with Crippen molar-refractivity contribution in [3.8, 4) is 0 Å². The van der Waals surface area contributed by atoms with Gasteiger partial charge in [0, 0.05) is 0 Å². The van der Waals surface area contributed by atoms with Gasteiger partial charge in [0.05, 0.1) is 18.8 Å². The van der Waals surface area contributed by atoms with Crippen LogP contribution in [-0.2, 0) is 0 Å². The topological polar surface area (TPSA) is 66.5 Å². The molecule has 3 heteroatoms. The summed E-state index contributed by atoms with van der Waals surface area (Å²) in [4.78, 5) is 0. The van der Waals surface area contributed by atoms with E-state index in [0.29, 0.717) is 0 Å². The molecule has 0 fully saturated rings. The van der Waals surface area contributed by atoms with Gasteiger partial charge in [0.25, 0.3) is 0 Å². The van der Waals surface area contributed by atoms with Crippen molar-refractivity contribution >= 4 is 0 Å². The van der Waals surface area contributed by atoms with Crippen LogP contribution in [0.15, 0.2) is 0 Å². The fourth-order valence-electron chi connectivity index (χ4n) is 3.24. The van der Waals surface area contributed by atoms with Crippen molar-refractivity contribution in [2.75, 3.05) is 6.61 Å². The van der Waals surface area contributed by atoms with Crippen LogP contribution < -0.4 is 5.73 Å². The van der Waals surface area contributed by atoms with E-state index in [4.69, 9.17) is 10.8 Å². The molecule has 3 nitrogen and oxygen atoms in total. The summed E-state index contributed by atoms with van der Waals surface area (Å²) < 4.78 is 0. The molecule has 0 aliphatic heterocycles. The maximum Gasteiger partial charge on any atom is 0.0713 e. The van der Waals surface area contributed by atoms with Gasteiger partial charge < -0.3 is 15.9 Å². The molecule has 0 aromatic heterocycles. The second-order valence-corrected chi connectivity index (χ2v) is 7.51. The van der Waals surface area contributed by atoms with E-state index in [1.165, 1.54) is 96.3 Å². The fourth-order valence-corrected chi connectivity index (χ4v) is 3.24. The second kappa shape index (κ2) is 19.2. The second-order valence-electron chi connectivity index (χ2n) is 7.51. The SMILES string of the molecule is CCCCCCCCCCCCCCCCCCC(O)C(N)CO. The Hall–Kier alpha value is -0.120. The zero-order chi connectivity index (χ0) is 17.9. The minimum absolute atomic E-state index is 0.125. The molecule has 2 unspecified atom stereocenters. The zero-order valence-electron chi connectivity index (χ0n) is 16.4. The monoisotopic (exact) mass is 343 g/mol. The largest absolute Gasteiger partial charge is 0.395 e. The van der Waals surface area contributed by atoms with Gasteiger partial charge in [-0.3, -0.25) is 0 Å². The number of nitrogens with two attached hydrogens (primary N) is 1. The van der Waals surface area contributed by atoms with Gasteiger partial charge in [-0.05, 0) is 6.42 Å². The molecule has 0 spiro atoms. The van der Waals surface area contributed by atoms with E-state index in [1.54, 1.807) is 0 Å². The van der Waals surface area contributed by atoms with Crippen LogP contribution in [0, 0.1) is 0 Å². The number of aliphatic hydroxyl groups excluding tert-OH is 2. The minimum atomic E-state index is -0.540. The number of aliphatic hydroxyl groups is 2. The Morgan fingerprint density at radius 1 is 0.625 bits per heavy atom. The Morgan fingerprint density at radius 2 is 0.958 bits per heavy atom. The number of hydrogen-bond donors (Lipinski definition) is 3. The van der Waals surface area contributed by atoms with Crippen LogP contribution in [0.1, 0.15) is 116 Å². The summed E-state index contributed by atoms with van der Waals surface area (Å²) in [6.07, 6.45) is 21.9. The fraction of sp³-hybridized carbons (Fsp3) is 1.00. The molecule has 0 heterocycles. The van der Waals surface area contributed by atoms with Gasteiger partial charge in [0.15, 0.2) is 0 Å². The van der Waals surface area contributed by atoms with Crippen LogP contribution in [0.3, 0.4) is 0 Å². The van der Waals surface area contributed by atoms with Crippen LogP contribution >= 0.6 is 0 Å². The first-order valence-electron chi connectivity index (χ1n) is 10.8. The van der Waals surface area contributed by atoms with Crippen molar-refractivity contribution in [2.24, 2.45) is 5.73 Å². The van der Waals surface area contributed by atoms with E-state index < -0.39 is 12.1 Å². The molecule has 24 heavy (non-hydrogen) atoms. The molecule has 0 aromatic rings. The Kier molecular flexibility index (Phi) is 19.1. The van der Waals surface area contributed by atoms with E-state index >= 15 is 0 Å². The summed E-state index contributed by atoms with van der Waals surface area (Å²) in [5.41, 5.74) is 5.58. The zero-order valence-corrected chi connectivity index (χ0v) is 16.4. The first kappa shape index (κ1) is 23.9. The van der Waals surface area contributed by atoms with Gasteiger partial charge >= 0.3 is 0 Å². The van der Waals surface area contributed by atoms with Crippen LogP contribution in [0.2, 0.25) is 0 Å². The summed E-state index contributed by atoms with van der Waals surface area (Å²) in [5, 5.41) is 18.5. The molecule has 0 aliphatic carbocycles. The van der Waals surface area contributed by atoms with E-state index in [9.17, 15) is 5.11 Å². The first-order valence-corrected chi connectivity index (χ1v) is 10.8. The molecule has 0 bridgehead atoms. The highest BCUT2D eigenvalue weighted by atomic mass is 16.3. The van der Waals surface area contributed by atoms with Gasteiger partial charge in [-0.25, -0.2) is 0 Å². The number of hydrogen-bond acceptors (Lipinski definition) is 3. The molecule has 0 radical (unpaired) electrons. The van der Waals surface area contributed by atoms with E-state index in [2.05, 4.69) is 6.92 Å². The molecule has 0 saturated carbocycles. The molecule has 146 valence electrons. The van der Waals surface area contributed by atoms with Crippen molar-refractivity contribution in [1.82, 2.24) is 0 Å². The van der Waals surface area contributed by atoms with Crippen molar-refractivity contribution in [2.45, 2.75) is 128 Å². The summed E-state index contributed by atoms with van der Waals surface area (Å²) in [7, 11) is 0. The lowest BCUT2D eigenvalue weighted by Gasteiger charge is -2.15. The van der Waals surface area contributed by atoms with Crippen molar-refractivity contribution in [1.29, 1.82) is 0 Å². The summed E-state index contributed by atoms with van der Waals surface area (Å²) in [5.74, 6) is 0. The van der Waals surface area contributed by atoms with Crippen LogP contribution in [-0.4, -0.2) is 29.0 Å². The lowest BCUT2D eigenvalue weighted by Crippen LogP contribution is -2.37. The highest BCUT2D eigenvalue weighted by Crippen LogP contribution is 2.14. The lowest BCUT2D eigenvalue weighted by atomic mass is 10.0. The quantitative estimate of drug-likeness (QED) is 0.278. The van der Waals surface area contributed by atoms with Gasteiger partial charge in [-0.1, -0.05) is 110 Å². The van der Waals surface area contributed by atoms with Gasteiger partial charge in [-0.15, -0.1) is 0 Å². The van der Waals surface area contributed by atoms with Crippen molar-refractivity contribution < 1.29 is 10.2 Å². The third kappa shape index (κ3) is 16.7. The third-order valence-corrected chi connectivity index (χ3v) is 5.06. The Morgan fingerprint density at radius 3 is 1.29 bits per heavy atom. The third-order valence-electron chi connectivity index (χ3n) is 5.06. The van der Waals surface area contributed by atoms with E-state index in [1.807, 2.05) is 0 Å². The maximum absolute atomic E-state index is 9.65. The minimum Gasteiger partial charge on any atom is -0.395 e. The van der Waals surface area contributed by atoms with Gasteiger partial charge in [-0.2, -0.15) is 0 Å². The van der Waals surface area contributed by atoms with E-state index in [0.717, 1.165) is 12.8 Å². The molecule has 0 aromatic carbocycles. The molecule has 0 aliphatic rings. The molecule has 0 rings (SSSR count). The molecular weight excluding hydrogens is 298 g/mol. The molecule has 2 atom stereocenters. The normalized spacial score (nSPS) is 14.0. The standard InChI is InChI=1S/C21H45NO2/c1-2-3-4-5-6-7-8-9-10-11-12-13-14-15-16-17-18-21(24)20(22)19-23/h20-21,23-24H,2-19,22H2,1H3.